The molecule has 190 valence electrons. The lowest BCUT2D eigenvalue weighted by Gasteiger charge is -2.43. The average molecular weight is 489 g/mol. The maximum absolute atomic E-state index is 13.9. The molecule has 5 nitrogen and oxygen atoms in total. The van der Waals surface area contributed by atoms with Crippen LogP contribution in [-0.4, -0.2) is 73.1 Å². The molecule has 1 amide bonds. The minimum Gasteiger partial charge on any atom is -0.339 e. The Kier molecular flexibility index (Phi) is 7.00. The molecule has 0 aromatic heterocycles. The maximum Gasteiger partial charge on any atom is 0.250 e. The highest BCUT2D eigenvalue weighted by molar-refractivity contribution is 5.93. The second kappa shape index (κ2) is 10.2. The quantitative estimate of drug-likeness (QED) is 0.474. The predicted octanol–water partition coefficient (Wildman–Crippen LogP) is 4.88. The molecule has 2 heterocycles. The number of carbonyl (C=O) groups excluding carboxylic acids is 1. The number of anilines is 1. The number of halogens is 1. The molecule has 0 atom stereocenters. The van der Waals surface area contributed by atoms with Gasteiger partial charge in [0.25, 0.3) is 0 Å². The van der Waals surface area contributed by atoms with E-state index in [1.165, 1.54) is 34.0 Å². The Morgan fingerprint density at radius 1 is 0.972 bits per heavy atom. The number of fused-ring (bicyclic) bond motifs is 1. The van der Waals surface area contributed by atoms with Crippen LogP contribution in [0.3, 0.4) is 0 Å². The van der Waals surface area contributed by atoms with Gasteiger partial charge in [0.05, 0.1) is 6.67 Å². The molecule has 5 rings (SSSR count). The van der Waals surface area contributed by atoms with Crippen molar-refractivity contribution in [2.24, 2.45) is 0 Å². The van der Waals surface area contributed by atoms with Crippen LogP contribution in [0.1, 0.15) is 30.4 Å². The topological polar surface area (TPSA) is 30.0 Å². The van der Waals surface area contributed by atoms with Crippen molar-refractivity contribution in [3.05, 3.63) is 77.6 Å². The number of piperidine rings is 1. The monoisotopic (exact) mass is 488 g/mol. The molecule has 2 fully saturated rings. The van der Waals surface area contributed by atoms with Gasteiger partial charge in [-0.2, -0.15) is 0 Å². The summed E-state index contributed by atoms with van der Waals surface area (Å²) in [7, 11) is 4.12. The molecule has 36 heavy (non-hydrogen) atoms. The zero-order chi connectivity index (χ0) is 25.3. The van der Waals surface area contributed by atoms with Crippen molar-refractivity contribution < 1.29 is 9.18 Å². The van der Waals surface area contributed by atoms with Crippen LogP contribution in [0.15, 0.2) is 60.7 Å². The summed E-state index contributed by atoms with van der Waals surface area (Å²) in [5.74, 6) is -0.0207. The number of carbonyl (C=O) groups is 1. The van der Waals surface area contributed by atoms with Crippen molar-refractivity contribution in [1.29, 1.82) is 0 Å². The number of nitrogens with zero attached hydrogens (tertiary/aromatic N) is 4. The van der Waals surface area contributed by atoms with E-state index in [1.807, 2.05) is 17.0 Å². The van der Waals surface area contributed by atoms with Gasteiger partial charge in [0.2, 0.25) is 5.91 Å². The summed E-state index contributed by atoms with van der Waals surface area (Å²) >= 11 is 0. The second-order valence-corrected chi connectivity index (χ2v) is 10.7. The summed E-state index contributed by atoms with van der Waals surface area (Å²) < 4.78 is 13.7. The largest absolute Gasteiger partial charge is 0.339 e. The van der Waals surface area contributed by atoms with E-state index in [9.17, 15) is 9.18 Å². The van der Waals surface area contributed by atoms with Gasteiger partial charge in [-0.05, 0) is 93.0 Å². The molecule has 0 unspecified atom stereocenters. The van der Waals surface area contributed by atoms with Gasteiger partial charge in [0, 0.05) is 31.9 Å². The minimum absolute atomic E-state index is 0.228. The van der Waals surface area contributed by atoms with Gasteiger partial charge in [-0.3, -0.25) is 9.69 Å². The van der Waals surface area contributed by atoms with Gasteiger partial charge in [-0.25, -0.2) is 4.39 Å². The molecule has 2 saturated heterocycles. The lowest BCUT2D eigenvalue weighted by atomic mass is 9.85. The minimum atomic E-state index is -0.554. The SMILES string of the molecule is Cc1cccc2cccc(CN3CCC4(CC3)C(=O)N(CCCN(C)C)CN4c3ccc(F)cc3)c12. The third kappa shape index (κ3) is 4.72. The Labute approximate surface area is 214 Å². The fraction of sp³-hybridized carbons (Fsp3) is 0.433. The van der Waals surface area contributed by atoms with Crippen LogP contribution in [-0.2, 0) is 11.3 Å². The van der Waals surface area contributed by atoms with E-state index in [4.69, 9.17) is 0 Å². The van der Waals surface area contributed by atoms with Crippen molar-refractivity contribution in [2.75, 3.05) is 51.8 Å². The molecule has 3 aromatic carbocycles. The van der Waals surface area contributed by atoms with E-state index >= 15 is 0 Å². The molecule has 0 saturated carbocycles. The number of likely N-dealkylation sites (tertiary alicyclic amines) is 1. The van der Waals surface area contributed by atoms with Crippen LogP contribution >= 0.6 is 0 Å². The standard InChI is InChI=1S/C30H37FN4O/c1-23-7-4-8-24-9-5-10-25(28(23)24)21-33-19-15-30(16-20-33)29(36)34(18-6-17-32(2)3)22-35(30)27-13-11-26(31)12-14-27/h4-5,7-14H,6,15-22H2,1-3H3. The Balaban J connectivity index is 1.35. The summed E-state index contributed by atoms with van der Waals surface area (Å²) in [6.07, 6.45) is 2.49. The number of hydrogen-bond acceptors (Lipinski definition) is 4. The average Bonchev–Trinajstić information content (AvgIpc) is 3.12. The van der Waals surface area contributed by atoms with Crippen LogP contribution in [0.2, 0.25) is 0 Å². The van der Waals surface area contributed by atoms with E-state index < -0.39 is 5.54 Å². The third-order valence-corrected chi connectivity index (χ3v) is 7.96. The molecule has 2 aliphatic rings. The second-order valence-electron chi connectivity index (χ2n) is 10.7. The van der Waals surface area contributed by atoms with E-state index in [0.717, 1.165) is 57.7 Å². The first kappa shape index (κ1) is 24.7. The molecule has 0 aliphatic carbocycles. The van der Waals surface area contributed by atoms with E-state index in [2.05, 4.69) is 72.1 Å². The van der Waals surface area contributed by atoms with E-state index in [0.29, 0.717) is 6.67 Å². The number of amides is 1. The number of benzene rings is 3. The highest BCUT2D eigenvalue weighted by Crippen LogP contribution is 2.40. The van der Waals surface area contributed by atoms with Crippen LogP contribution in [0.5, 0.6) is 0 Å². The van der Waals surface area contributed by atoms with Crippen LogP contribution < -0.4 is 4.90 Å². The lowest BCUT2D eigenvalue weighted by molar-refractivity contribution is -0.133. The molecule has 0 bridgehead atoms. The van der Waals surface area contributed by atoms with Gasteiger partial charge in [-0.15, -0.1) is 0 Å². The number of aryl methyl sites for hydroxylation is 1. The first-order chi connectivity index (χ1) is 17.4. The Morgan fingerprint density at radius 3 is 2.36 bits per heavy atom. The van der Waals surface area contributed by atoms with Gasteiger partial charge in [0.1, 0.15) is 11.4 Å². The maximum atomic E-state index is 13.9. The Hall–Kier alpha value is -2.96. The zero-order valence-corrected chi connectivity index (χ0v) is 21.7. The Bertz CT molecular complexity index is 1210. The normalized spacial score (nSPS) is 18.2. The first-order valence-corrected chi connectivity index (χ1v) is 13.0. The van der Waals surface area contributed by atoms with Crippen molar-refractivity contribution in [1.82, 2.24) is 14.7 Å². The zero-order valence-electron chi connectivity index (χ0n) is 21.7. The fourth-order valence-electron chi connectivity index (χ4n) is 6.04. The van der Waals surface area contributed by atoms with Gasteiger partial charge >= 0.3 is 0 Å². The van der Waals surface area contributed by atoms with Crippen molar-refractivity contribution >= 4 is 22.4 Å². The van der Waals surface area contributed by atoms with Crippen LogP contribution in [0.4, 0.5) is 10.1 Å². The van der Waals surface area contributed by atoms with Gasteiger partial charge < -0.3 is 14.7 Å². The highest BCUT2D eigenvalue weighted by Gasteiger charge is 2.53. The molecular formula is C30H37FN4O. The predicted molar refractivity (Wildman–Crippen MR) is 145 cm³/mol. The molecule has 3 aromatic rings. The van der Waals surface area contributed by atoms with Crippen LogP contribution in [0.25, 0.3) is 10.8 Å². The summed E-state index contributed by atoms with van der Waals surface area (Å²) in [5, 5.41) is 2.63. The number of rotatable bonds is 7. The smallest absolute Gasteiger partial charge is 0.250 e. The fourth-order valence-corrected chi connectivity index (χ4v) is 6.04. The van der Waals surface area contributed by atoms with E-state index in [-0.39, 0.29) is 11.7 Å². The molecular weight excluding hydrogens is 451 g/mol. The van der Waals surface area contributed by atoms with Crippen LogP contribution in [0, 0.1) is 12.7 Å². The first-order valence-electron chi connectivity index (χ1n) is 13.0. The molecule has 0 N–H and O–H groups in total. The van der Waals surface area contributed by atoms with Crippen molar-refractivity contribution in [2.45, 2.75) is 38.3 Å². The lowest BCUT2D eigenvalue weighted by Crippen LogP contribution is -2.56. The summed E-state index contributed by atoms with van der Waals surface area (Å²) in [5.41, 5.74) is 3.03. The molecule has 0 radical (unpaired) electrons. The van der Waals surface area contributed by atoms with E-state index in [1.54, 1.807) is 0 Å². The molecule has 1 spiro atoms. The third-order valence-electron chi connectivity index (χ3n) is 7.96. The van der Waals surface area contributed by atoms with Gasteiger partial charge in [-0.1, -0.05) is 36.4 Å². The summed E-state index contributed by atoms with van der Waals surface area (Å²) in [6, 6.07) is 19.7. The molecule has 2 aliphatic heterocycles. The van der Waals surface area contributed by atoms with Gasteiger partial charge in [0.15, 0.2) is 0 Å². The van der Waals surface area contributed by atoms with Crippen molar-refractivity contribution in [3.63, 3.8) is 0 Å². The summed E-state index contributed by atoms with van der Waals surface area (Å²) in [6.45, 7) is 7.05. The highest BCUT2D eigenvalue weighted by atomic mass is 19.1. The number of hydrogen-bond donors (Lipinski definition) is 0. The summed E-state index contributed by atoms with van der Waals surface area (Å²) in [4.78, 5) is 22.8. The van der Waals surface area contributed by atoms with Crippen molar-refractivity contribution in [3.8, 4) is 0 Å². The Morgan fingerprint density at radius 2 is 1.67 bits per heavy atom. The molecule has 6 heteroatoms.